The first kappa shape index (κ1) is 11.6. The summed E-state index contributed by atoms with van der Waals surface area (Å²) in [7, 11) is 0. The van der Waals surface area contributed by atoms with Crippen molar-refractivity contribution in [2.24, 2.45) is 0 Å². The number of rotatable bonds is 5. The third-order valence-electron chi connectivity index (χ3n) is 1.97. The smallest absolute Gasteiger partial charge is 0.0723 e. The van der Waals surface area contributed by atoms with Crippen LogP contribution in [0, 0.1) is 0 Å². The van der Waals surface area contributed by atoms with Gasteiger partial charge < -0.3 is 5.11 Å². The number of aliphatic hydroxyl groups is 1. The van der Waals surface area contributed by atoms with E-state index in [1.807, 2.05) is 23.9 Å². The van der Waals surface area contributed by atoms with Gasteiger partial charge in [0.15, 0.2) is 0 Å². The monoisotopic (exact) mass is 214 g/mol. The van der Waals surface area contributed by atoms with Crippen LogP contribution in [0.3, 0.4) is 0 Å². The molecule has 1 aromatic heterocycles. The van der Waals surface area contributed by atoms with Crippen molar-refractivity contribution in [3.8, 4) is 0 Å². The zero-order valence-corrected chi connectivity index (χ0v) is 9.79. The van der Waals surface area contributed by atoms with E-state index in [0.29, 0.717) is 11.3 Å². The Morgan fingerprint density at radius 1 is 1.50 bits per heavy atom. The van der Waals surface area contributed by atoms with Crippen molar-refractivity contribution in [1.29, 1.82) is 0 Å². The topological polar surface area (TPSA) is 38.0 Å². The zero-order chi connectivity index (χ0) is 10.6. The summed E-state index contributed by atoms with van der Waals surface area (Å²) in [6, 6.07) is 2.46. The van der Waals surface area contributed by atoms with E-state index in [2.05, 4.69) is 18.9 Å². The molecule has 0 aliphatic carbocycles. The van der Waals surface area contributed by atoms with Crippen LogP contribution < -0.4 is 0 Å². The molecule has 0 amide bonds. The molecule has 80 valence electrons. The van der Waals surface area contributed by atoms with Crippen molar-refractivity contribution in [2.45, 2.75) is 37.8 Å². The Hall–Kier alpha value is -0.480. The molecule has 0 bridgehead atoms. The van der Waals surface area contributed by atoms with E-state index >= 15 is 0 Å². The van der Waals surface area contributed by atoms with Crippen LogP contribution in [0.25, 0.3) is 0 Å². The lowest BCUT2D eigenvalue weighted by Gasteiger charge is -2.06. The molecule has 0 aromatic carbocycles. The molecule has 3 nitrogen and oxygen atoms in total. The van der Waals surface area contributed by atoms with Crippen LogP contribution >= 0.6 is 11.8 Å². The van der Waals surface area contributed by atoms with Crippen molar-refractivity contribution < 1.29 is 5.11 Å². The summed E-state index contributed by atoms with van der Waals surface area (Å²) >= 11 is 1.73. The molecule has 0 aliphatic heterocycles. The molecule has 0 fully saturated rings. The number of aromatic nitrogens is 2. The molecule has 0 aliphatic rings. The molecule has 1 heterocycles. The largest absolute Gasteiger partial charge is 0.395 e. The van der Waals surface area contributed by atoms with Gasteiger partial charge >= 0.3 is 0 Å². The van der Waals surface area contributed by atoms with Crippen LogP contribution in [-0.2, 0) is 5.75 Å². The van der Waals surface area contributed by atoms with E-state index in [1.165, 1.54) is 0 Å². The normalized spacial score (nSPS) is 13.5. The lowest BCUT2D eigenvalue weighted by molar-refractivity contribution is 0.300. The summed E-state index contributed by atoms with van der Waals surface area (Å²) in [5, 5.41) is 13.6. The fourth-order valence-corrected chi connectivity index (χ4v) is 1.74. The van der Waals surface area contributed by atoms with Crippen LogP contribution in [0.2, 0.25) is 0 Å². The summed E-state index contributed by atoms with van der Waals surface area (Å²) in [6.07, 6.45) is 2.00. The first-order valence-corrected chi connectivity index (χ1v) is 5.95. The highest BCUT2D eigenvalue weighted by Crippen LogP contribution is 2.16. The van der Waals surface area contributed by atoms with Crippen molar-refractivity contribution in [3.63, 3.8) is 0 Å². The number of thioether (sulfide) groups is 1. The molecule has 0 saturated heterocycles. The Balaban J connectivity index is 2.44. The van der Waals surface area contributed by atoms with E-state index < -0.39 is 0 Å². The second-order valence-electron chi connectivity index (χ2n) is 3.69. The predicted molar refractivity (Wildman–Crippen MR) is 60.5 cm³/mol. The minimum absolute atomic E-state index is 0.232. The average Bonchev–Trinajstić information content (AvgIpc) is 2.62. The molecule has 1 unspecified atom stereocenters. The Bertz CT molecular complexity index is 273. The van der Waals surface area contributed by atoms with Gasteiger partial charge in [0, 0.05) is 23.2 Å². The number of hydrogen-bond donors (Lipinski definition) is 1. The van der Waals surface area contributed by atoms with Crippen LogP contribution in [-0.4, -0.2) is 26.7 Å². The summed E-state index contributed by atoms with van der Waals surface area (Å²) in [4.78, 5) is 0. The SMILES string of the molecule is CC(CO)SCc1ccn(C(C)C)n1. The van der Waals surface area contributed by atoms with Crippen molar-refractivity contribution in [3.05, 3.63) is 18.0 Å². The molecule has 0 spiro atoms. The Kier molecular flexibility index (Phi) is 4.48. The second-order valence-corrected chi connectivity index (χ2v) is 5.11. The summed E-state index contributed by atoms with van der Waals surface area (Å²) in [5.41, 5.74) is 1.09. The van der Waals surface area contributed by atoms with Gasteiger partial charge in [0.05, 0.1) is 12.3 Å². The number of nitrogens with zero attached hydrogens (tertiary/aromatic N) is 2. The molecule has 0 saturated carbocycles. The maximum absolute atomic E-state index is 8.86. The third kappa shape index (κ3) is 3.35. The van der Waals surface area contributed by atoms with Crippen LogP contribution in [0.5, 0.6) is 0 Å². The molecular formula is C10H18N2OS. The van der Waals surface area contributed by atoms with Gasteiger partial charge in [-0.3, -0.25) is 4.68 Å². The minimum atomic E-state index is 0.232. The minimum Gasteiger partial charge on any atom is -0.395 e. The van der Waals surface area contributed by atoms with Crippen molar-refractivity contribution >= 4 is 11.8 Å². The maximum Gasteiger partial charge on any atom is 0.0723 e. The van der Waals surface area contributed by atoms with Gasteiger partial charge in [-0.15, -0.1) is 11.8 Å². The van der Waals surface area contributed by atoms with Crippen LogP contribution in [0.1, 0.15) is 32.5 Å². The highest BCUT2D eigenvalue weighted by molar-refractivity contribution is 7.99. The Morgan fingerprint density at radius 3 is 2.71 bits per heavy atom. The molecule has 1 rings (SSSR count). The second kappa shape index (κ2) is 5.41. The highest BCUT2D eigenvalue weighted by Gasteiger charge is 2.04. The summed E-state index contributed by atoms with van der Waals surface area (Å²) < 4.78 is 1.96. The van der Waals surface area contributed by atoms with Gasteiger partial charge in [-0.1, -0.05) is 6.92 Å². The molecule has 1 aromatic rings. The van der Waals surface area contributed by atoms with E-state index in [0.717, 1.165) is 11.4 Å². The molecule has 1 N–H and O–H groups in total. The summed E-state index contributed by atoms with van der Waals surface area (Å²) in [5.74, 6) is 0.876. The van der Waals surface area contributed by atoms with Gasteiger partial charge in [0.2, 0.25) is 0 Å². The number of hydrogen-bond acceptors (Lipinski definition) is 3. The molecular weight excluding hydrogens is 196 g/mol. The van der Waals surface area contributed by atoms with Crippen LogP contribution in [0.15, 0.2) is 12.3 Å². The quantitative estimate of drug-likeness (QED) is 0.815. The van der Waals surface area contributed by atoms with Gasteiger partial charge in [0.25, 0.3) is 0 Å². The van der Waals surface area contributed by atoms with Crippen molar-refractivity contribution in [1.82, 2.24) is 9.78 Å². The lowest BCUT2D eigenvalue weighted by atomic mass is 10.4. The lowest BCUT2D eigenvalue weighted by Crippen LogP contribution is -2.04. The predicted octanol–water partition coefficient (Wildman–Crippen LogP) is 2.08. The fourth-order valence-electron chi connectivity index (χ4n) is 1.02. The highest BCUT2D eigenvalue weighted by atomic mass is 32.2. The van der Waals surface area contributed by atoms with Crippen molar-refractivity contribution in [2.75, 3.05) is 6.61 Å². The summed E-state index contributed by atoms with van der Waals surface area (Å²) in [6.45, 7) is 6.47. The van der Waals surface area contributed by atoms with Gasteiger partial charge in [-0.05, 0) is 19.9 Å². The van der Waals surface area contributed by atoms with Gasteiger partial charge in [-0.2, -0.15) is 5.10 Å². The maximum atomic E-state index is 8.86. The van der Waals surface area contributed by atoms with E-state index in [-0.39, 0.29) is 6.61 Å². The van der Waals surface area contributed by atoms with E-state index in [1.54, 1.807) is 11.8 Å². The molecule has 4 heteroatoms. The van der Waals surface area contributed by atoms with Gasteiger partial charge in [0.1, 0.15) is 0 Å². The molecule has 14 heavy (non-hydrogen) atoms. The molecule has 1 atom stereocenters. The zero-order valence-electron chi connectivity index (χ0n) is 8.97. The third-order valence-corrected chi connectivity index (χ3v) is 3.15. The van der Waals surface area contributed by atoms with Gasteiger partial charge in [-0.25, -0.2) is 0 Å². The van der Waals surface area contributed by atoms with E-state index in [4.69, 9.17) is 5.11 Å². The first-order chi connectivity index (χ1) is 6.63. The Labute approximate surface area is 89.5 Å². The van der Waals surface area contributed by atoms with E-state index in [9.17, 15) is 0 Å². The Morgan fingerprint density at radius 2 is 2.21 bits per heavy atom. The first-order valence-electron chi connectivity index (χ1n) is 4.90. The van der Waals surface area contributed by atoms with Crippen LogP contribution in [0.4, 0.5) is 0 Å². The average molecular weight is 214 g/mol. The fraction of sp³-hybridized carbons (Fsp3) is 0.700. The standard InChI is InChI=1S/C10H18N2OS/c1-8(2)12-5-4-10(11-12)7-14-9(3)6-13/h4-5,8-9,13H,6-7H2,1-3H3. The number of aliphatic hydroxyl groups excluding tert-OH is 1. The molecule has 0 radical (unpaired) electrons.